The summed E-state index contributed by atoms with van der Waals surface area (Å²) in [6.45, 7) is 2.36. The molecule has 0 aromatic heterocycles. The topological polar surface area (TPSA) is 149 Å². The number of esters is 2. The van der Waals surface area contributed by atoms with Crippen LogP contribution in [0.5, 0.6) is 0 Å². The Balaban J connectivity index is 4.35. The highest BCUT2D eigenvalue weighted by Crippen LogP contribution is 2.43. The van der Waals surface area contributed by atoms with Gasteiger partial charge in [-0.15, -0.1) is 0 Å². The first kappa shape index (κ1) is 47.7. The van der Waals surface area contributed by atoms with Gasteiger partial charge in [0.1, 0.15) is 12.7 Å². The normalized spacial score (nSPS) is 14.1. The number of phosphoric ester groups is 1. The summed E-state index contributed by atoms with van der Waals surface area (Å²) in [6.07, 6.45) is 30.4. The fourth-order valence-corrected chi connectivity index (χ4v) is 6.13. The van der Waals surface area contributed by atoms with E-state index in [0.29, 0.717) is 12.8 Å². The highest BCUT2D eigenvalue weighted by molar-refractivity contribution is 7.47. The molecule has 49 heavy (non-hydrogen) atoms. The fraction of sp³-hybridized carbons (Fsp3) is 0.895. The van der Waals surface area contributed by atoms with E-state index < -0.39 is 51.8 Å². The van der Waals surface area contributed by atoms with Gasteiger partial charge in [-0.05, 0) is 38.5 Å². The number of aliphatic hydroxyl groups excluding tert-OH is 2. The Morgan fingerprint density at radius 2 is 1.00 bits per heavy atom. The van der Waals surface area contributed by atoms with Crippen molar-refractivity contribution in [3.63, 3.8) is 0 Å². The number of aliphatic hydroxyl groups is 2. The van der Waals surface area contributed by atoms with E-state index in [1.165, 1.54) is 83.5 Å². The van der Waals surface area contributed by atoms with Crippen molar-refractivity contribution < 1.29 is 47.8 Å². The second-order valence-electron chi connectivity index (χ2n) is 13.3. The lowest BCUT2D eigenvalue weighted by molar-refractivity contribution is -0.161. The van der Waals surface area contributed by atoms with Crippen LogP contribution in [0.25, 0.3) is 0 Å². The molecule has 0 fully saturated rings. The molecule has 0 aromatic carbocycles. The Labute approximate surface area is 298 Å². The lowest BCUT2D eigenvalue weighted by Gasteiger charge is -2.20. The smallest absolute Gasteiger partial charge is 0.462 e. The predicted octanol–water partition coefficient (Wildman–Crippen LogP) is 9.67. The molecule has 1 unspecified atom stereocenters. The maximum absolute atomic E-state index is 12.5. The number of ether oxygens (including phenoxy) is 2. The molecule has 0 saturated heterocycles. The molecule has 0 amide bonds. The molecular weight excluding hydrogens is 647 g/mol. The molecule has 0 aliphatic carbocycles. The zero-order valence-electron chi connectivity index (χ0n) is 31.2. The molecule has 0 aliphatic rings. The first-order valence-corrected chi connectivity index (χ1v) is 21.1. The van der Waals surface area contributed by atoms with E-state index in [1.807, 2.05) is 0 Å². The summed E-state index contributed by atoms with van der Waals surface area (Å²) in [4.78, 5) is 34.8. The Morgan fingerprint density at radius 3 is 1.47 bits per heavy atom. The number of allylic oxidation sites excluding steroid dienone is 2. The van der Waals surface area contributed by atoms with E-state index in [9.17, 15) is 24.2 Å². The summed E-state index contributed by atoms with van der Waals surface area (Å²) in [5.41, 5.74) is 0. The molecule has 0 aliphatic heterocycles. The number of phosphoric acid groups is 1. The van der Waals surface area contributed by atoms with Crippen LogP contribution in [0.3, 0.4) is 0 Å². The Kier molecular flexibility index (Phi) is 34.2. The van der Waals surface area contributed by atoms with Crippen LogP contribution in [-0.4, -0.2) is 65.7 Å². The van der Waals surface area contributed by atoms with Crippen LogP contribution in [0.1, 0.15) is 181 Å². The summed E-state index contributed by atoms with van der Waals surface area (Å²) in [5, 5.41) is 18.3. The predicted molar refractivity (Wildman–Crippen MR) is 196 cm³/mol. The van der Waals surface area contributed by atoms with Gasteiger partial charge in [0.15, 0.2) is 6.10 Å². The number of rotatable bonds is 37. The van der Waals surface area contributed by atoms with E-state index >= 15 is 0 Å². The van der Waals surface area contributed by atoms with Crippen molar-refractivity contribution in [1.29, 1.82) is 0 Å². The molecule has 0 heterocycles. The Hall–Kier alpha value is -1.29. The molecule has 10 nitrogen and oxygen atoms in total. The van der Waals surface area contributed by atoms with Crippen LogP contribution in [0.15, 0.2) is 12.2 Å². The van der Waals surface area contributed by atoms with Gasteiger partial charge in [0.2, 0.25) is 0 Å². The summed E-state index contributed by atoms with van der Waals surface area (Å²) >= 11 is 0. The quantitative estimate of drug-likeness (QED) is 0.0245. The Bertz CT molecular complexity index is 837. The van der Waals surface area contributed by atoms with Crippen molar-refractivity contribution in [3.8, 4) is 0 Å². The van der Waals surface area contributed by atoms with Gasteiger partial charge in [-0.1, -0.05) is 142 Å². The minimum atomic E-state index is -4.61. The molecule has 0 radical (unpaired) electrons. The molecular formula is C38H73O10P. The minimum Gasteiger partial charge on any atom is -0.462 e. The number of carbonyl (C=O) groups excluding carboxylic acids is 2. The maximum atomic E-state index is 12.5. The summed E-state index contributed by atoms with van der Waals surface area (Å²) in [6, 6.07) is 0. The summed E-state index contributed by atoms with van der Waals surface area (Å²) < 4.78 is 32.6. The van der Waals surface area contributed by atoms with Gasteiger partial charge in [0.25, 0.3) is 0 Å². The lowest BCUT2D eigenvalue weighted by atomic mass is 10.1. The molecule has 0 spiro atoms. The third-order valence-corrected chi connectivity index (χ3v) is 9.37. The van der Waals surface area contributed by atoms with Gasteiger partial charge in [-0.25, -0.2) is 4.57 Å². The second kappa shape index (κ2) is 35.1. The van der Waals surface area contributed by atoms with E-state index in [2.05, 4.69) is 30.5 Å². The van der Waals surface area contributed by atoms with Gasteiger partial charge in [-0.2, -0.15) is 0 Å². The molecule has 0 saturated carbocycles. The van der Waals surface area contributed by atoms with E-state index in [4.69, 9.17) is 19.1 Å². The first-order valence-electron chi connectivity index (χ1n) is 19.6. The number of unbranched alkanes of at least 4 members (excludes halogenated alkanes) is 21. The molecule has 0 rings (SSSR count). The van der Waals surface area contributed by atoms with Crippen LogP contribution in [0.2, 0.25) is 0 Å². The van der Waals surface area contributed by atoms with Crippen LogP contribution in [-0.2, 0) is 32.7 Å². The maximum Gasteiger partial charge on any atom is 0.472 e. The van der Waals surface area contributed by atoms with Crippen molar-refractivity contribution in [2.75, 3.05) is 26.4 Å². The molecule has 3 N–H and O–H groups in total. The van der Waals surface area contributed by atoms with Crippen molar-refractivity contribution in [1.82, 2.24) is 0 Å². The molecule has 3 atom stereocenters. The van der Waals surface area contributed by atoms with E-state index in [0.717, 1.165) is 57.8 Å². The van der Waals surface area contributed by atoms with Gasteiger partial charge in [0.05, 0.1) is 19.8 Å². The summed E-state index contributed by atoms with van der Waals surface area (Å²) in [7, 11) is -4.61. The zero-order chi connectivity index (χ0) is 36.3. The third kappa shape index (κ3) is 34.9. The fourth-order valence-electron chi connectivity index (χ4n) is 5.34. The highest BCUT2D eigenvalue weighted by atomic mass is 31.2. The first-order chi connectivity index (χ1) is 23.7. The number of hydrogen-bond donors (Lipinski definition) is 3. The molecule has 0 aromatic rings. The third-order valence-electron chi connectivity index (χ3n) is 8.42. The van der Waals surface area contributed by atoms with Crippen LogP contribution < -0.4 is 0 Å². The average Bonchev–Trinajstić information content (AvgIpc) is 3.09. The van der Waals surface area contributed by atoms with Crippen molar-refractivity contribution in [3.05, 3.63) is 12.2 Å². The largest absolute Gasteiger partial charge is 0.472 e. The number of carbonyl (C=O) groups is 2. The number of hydrogen-bond acceptors (Lipinski definition) is 9. The monoisotopic (exact) mass is 720 g/mol. The van der Waals surface area contributed by atoms with Gasteiger partial charge >= 0.3 is 19.8 Å². The summed E-state index contributed by atoms with van der Waals surface area (Å²) in [5.74, 6) is -0.930. The van der Waals surface area contributed by atoms with Crippen molar-refractivity contribution in [2.24, 2.45) is 0 Å². The van der Waals surface area contributed by atoms with Gasteiger partial charge < -0.3 is 24.6 Å². The lowest BCUT2D eigenvalue weighted by Crippen LogP contribution is -2.29. The average molecular weight is 721 g/mol. The second-order valence-corrected chi connectivity index (χ2v) is 14.8. The van der Waals surface area contributed by atoms with Gasteiger partial charge in [-0.3, -0.25) is 18.6 Å². The van der Waals surface area contributed by atoms with E-state index in [1.54, 1.807) is 0 Å². The van der Waals surface area contributed by atoms with Gasteiger partial charge in [0, 0.05) is 12.8 Å². The van der Waals surface area contributed by atoms with Crippen molar-refractivity contribution >= 4 is 19.8 Å². The van der Waals surface area contributed by atoms with Crippen molar-refractivity contribution in [2.45, 2.75) is 193 Å². The Morgan fingerprint density at radius 1 is 0.592 bits per heavy atom. The molecule has 0 bridgehead atoms. The van der Waals surface area contributed by atoms with E-state index in [-0.39, 0.29) is 19.4 Å². The molecule has 290 valence electrons. The zero-order valence-corrected chi connectivity index (χ0v) is 32.1. The van der Waals surface area contributed by atoms with Crippen LogP contribution >= 0.6 is 7.82 Å². The SMILES string of the molecule is CCCCCCCC/C=C/CCCCCCCC(=O)O[C@H](COC(=O)CCCCCCCCCCCCC)COP(=O)(O)OC[C@@H](O)CO. The van der Waals surface area contributed by atoms with Crippen LogP contribution in [0, 0.1) is 0 Å². The molecule has 11 heteroatoms. The van der Waals surface area contributed by atoms with Crippen LogP contribution in [0.4, 0.5) is 0 Å². The highest BCUT2D eigenvalue weighted by Gasteiger charge is 2.27. The minimum absolute atomic E-state index is 0.178. The standard InChI is InChI=1S/C38H73O10P/c1-3-5-7-9-11-13-15-16-17-18-20-22-24-26-28-30-38(42)48-36(34-47-49(43,44)46-32-35(40)31-39)33-45-37(41)29-27-25-23-21-19-14-12-10-8-6-4-2/h16-17,35-36,39-40H,3-15,18-34H2,1-2H3,(H,43,44)/b17-16+/t35-,36+/m0/s1.